The molecule has 70 valence electrons. The van der Waals surface area contributed by atoms with E-state index in [1.807, 2.05) is 12.1 Å². The summed E-state index contributed by atoms with van der Waals surface area (Å²) in [6, 6.07) is 7.24. The van der Waals surface area contributed by atoms with Crippen molar-refractivity contribution >= 4 is 46.1 Å². The lowest BCUT2D eigenvalue weighted by atomic mass is 9.80. The first-order chi connectivity index (χ1) is 6.68. The van der Waals surface area contributed by atoms with Gasteiger partial charge in [0.05, 0.1) is 5.52 Å². The molecule has 1 heterocycles. The van der Waals surface area contributed by atoms with Crippen LogP contribution in [0.2, 0.25) is 0 Å². The molecule has 2 rings (SSSR count). The number of rotatable bonds is 1. The van der Waals surface area contributed by atoms with Gasteiger partial charge in [-0.25, -0.2) is 0 Å². The van der Waals surface area contributed by atoms with Crippen LogP contribution in [-0.4, -0.2) is 22.2 Å². The van der Waals surface area contributed by atoms with Crippen molar-refractivity contribution in [2.45, 2.75) is 0 Å². The lowest BCUT2D eigenvalue weighted by Gasteiger charge is -2.04. The zero-order valence-corrected chi connectivity index (χ0v) is 9.34. The van der Waals surface area contributed by atoms with Gasteiger partial charge in [0.25, 0.3) is 0 Å². The predicted molar refractivity (Wildman–Crippen MR) is 64.3 cm³/mol. The van der Waals surface area contributed by atoms with Crippen LogP contribution >= 0.6 is 22.6 Å². The van der Waals surface area contributed by atoms with E-state index in [1.165, 1.54) is 0 Å². The molecule has 2 N–H and O–H groups in total. The van der Waals surface area contributed by atoms with E-state index in [4.69, 9.17) is 10.0 Å². The van der Waals surface area contributed by atoms with Crippen LogP contribution in [0.4, 0.5) is 0 Å². The highest BCUT2D eigenvalue weighted by atomic mass is 127. The van der Waals surface area contributed by atoms with Crippen molar-refractivity contribution < 1.29 is 10.0 Å². The fraction of sp³-hybridized carbons (Fsp3) is 0. The van der Waals surface area contributed by atoms with Crippen molar-refractivity contribution in [1.29, 1.82) is 0 Å². The zero-order chi connectivity index (χ0) is 10.1. The van der Waals surface area contributed by atoms with E-state index >= 15 is 0 Å². The second kappa shape index (κ2) is 3.84. The normalized spacial score (nSPS) is 10.5. The summed E-state index contributed by atoms with van der Waals surface area (Å²) < 4.78 is 0.969. The first kappa shape index (κ1) is 9.88. The average Bonchev–Trinajstić information content (AvgIpc) is 2.17. The highest BCUT2D eigenvalue weighted by Gasteiger charge is 2.13. The molecular formula is C9H7BINO2. The Bertz CT molecular complexity index is 475. The Kier molecular flexibility index (Phi) is 2.71. The molecule has 0 bridgehead atoms. The predicted octanol–water partition coefficient (Wildman–Crippen LogP) is 0.519. The van der Waals surface area contributed by atoms with Gasteiger partial charge in [-0.2, -0.15) is 0 Å². The molecule has 0 radical (unpaired) electrons. The van der Waals surface area contributed by atoms with Gasteiger partial charge < -0.3 is 10.0 Å². The molecule has 0 amide bonds. The number of halogens is 1. The maximum absolute atomic E-state index is 9.03. The van der Waals surface area contributed by atoms with Gasteiger partial charge in [0, 0.05) is 15.2 Å². The Morgan fingerprint density at radius 1 is 1.29 bits per heavy atom. The Hall–Kier alpha value is -0.655. The second-order valence-corrected chi connectivity index (χ2v) is 4.11. The van der Waals surface area contributed by atoms with Gasteiger partial charge in [0.2, 0.25) is 0 Å². The van der Waals surface area contributed by atoms with Gasteiger partial charge in [-0.05, 0) is 46.3 Å². The minimum absolute atomic E-state index is 0.473. The topological polar surface area (TPSA) is 53.4 Å². The summed E-state index contributed by atoms with van der Waals surface area (Å²) in [5.41, 5.74) is 1.25. The number of hydrogen-bond donors (Lipinski definition) is 2. The molecule has 1 aromatic heterocycles. The summed E-state index contributed by atoms with van der Waals surface area (Å²) in [6.45, 7) is 0. The molecule has 0 saturated heterocycles. The van der Waals surface area contributed by atoms with Crippen LogP contribution in [0.15, 0.2) is 30.5 Å². The van der Waals surface area contributed by atoms with E-state index < -0.39 is 7.12 Å². The number of benzene rings is 1. The minimum Gasteiger partial charge on any atom is -0.423 e. The Balaban J connectivity index is 2.72. The molecule has 0 spiro atoms. The summed E-state index contributed by atoms with van der Waals surface area (Å²) >= 11 is 2.15. The Morgan fingerprint density at radius 2 is 2.07 bits per heavy atom. The van der Waals surface area contributed by atoms with Crippen molar-refractivity contribution in [3.63, 3.8) is 0 Å². The first-order valence-electron chi connectivity index (χ1n) is 4.09. The van der Waals surface area contributed by atoms with E-state index in [0.29, 0.717) is 5.46 Å². The summed E-state index contributed by atoms with van der Waals surface area (Å²) in [4.78, 5) is 4.16. The van der Waals surface area contributed by atoms with Crippen molar-refractivity contribution in [2.75, 3.05) is 0 Å². The van der Waals surface area contributed by atoms with Crippen LogP contribution in [0, 0.1) is 3.57 Å². The van der Waals surface area contributed by atoms with E-state index in [2.05, 4.69) is 27.6 Å². The van der Waals surface area contributed by atoms with Gasteiger partial charge >= 0.3 is 7.12 Å². The molecule has 0 aliphatic rings. The van der Waals surface area contributed by atoms with Gasteiger partial charge in [-0.3, -0.25) is 4.98 Å². The lowest BCUT2D eigenvalue weighted by molar-refractivity contribution is 0.426. The van der Waals surface area contributed by atoms with Gasteiger partial charge in [-0.15, -0.1) is 0 Å². The van der Waals surface area contributed by atoms with E-state index in [-0.39, 0.29) is 0 Å². The maximum atomic E-state index is 9.03. The summed E-state index contributed by atoms with van der Waals surface area (Å²) in [6.07, 6.45) is 1.69. The van der Waals surface area contributed by atoms with Gasteiger partial charge in [0.1, 0.15) is 0 Å². The Labute approximate surface area is 95.1 Å². The first-order valence-corrected chi connectivity index (χ1v) is 5.16. The number of hydrogen-bond acceptors (Lipinski definition) is 3. The highest BCUT2D eigenvalue weighted by molar-refractivity contribution is 14.1. The molecule has 14 heavy (non-hydrogen) atoms. The van der Waals surface area contributed by atoms with Crippen LogP contribution in [-0.2, 0) is 0 Å². The number of aromatic nitrogens is 1. The molecule has 5 heteroatoms. The standard InChI is InChI=1S/C9H7BINO2/c11-8-4-6(10(13)14)5-9-7(8)2-1-3-12-9/h1-5,13-14H. The molecule has 1 aromatic carbocycles. The number of nitrogens with zero attached hydrogens (tertiary/aromatic N) is 1. The van der Waals surface area contributed by atoms with E-state index in [1.54, 1.807) is 18.3 Å². The SMILES string of the molecule is OB(O)c1cc(I)c2cccnc2c1. The molecule has 3 nitrogen and oxygen atoms in total. The molecule has 0 aliphatic carbocycles. The van der Waals surface area contributed by atoms with Gasteiger partial charge in [0.15, 0.2) is 0 Å². The highest BCUT2D eigenvalue weighted by Crippen LogP contribution is 2.16. The van der Waals surface area contributed by atoms with Crippen molar-refractivity contribution in [3.8, 4) is 0 Å². The number of fused-ring (bicyclic) bond motifs is 1. The quantitative estimate of drug-likeness (QED) is 0.596. The second-order valence-electron chi connectivity index (χ2n) is 2.95. The van der Waals surface area contributed by atoms with Crippen molar-refractivity contribution in [3.05, 3.63) is 34.0 Å². The smallest absolute Gasteiger partial charge is 0.423 e. The maximum Gasteiger partial charge on any atom is 0.488 e. The monoisotopic (exact) mass is 299 g/mol. The third-order valence-corrected chi connectivity index (χ3v) is 2.88. The molecule has 0 atom stereocenters. The summed E-state index contributed by atoms with van der Waals surface area (Å²) in [5, 5.41) is 19.1. The summed E-state index contributed by atoms with van der Waals surface area (Å²) in [5.74, 6) is 0. The minimum atomic E-state index is -1.44. The summed E-state index contributed by atoms with van der Waals surface area (Å²) in [7, 11) is -1.44. The largest absolute Gasteiger partial charge is 0.488 e. The van der Waals surface area contributed by atoms with Crippen molar-refractivity contribution in [1.82, 2.24) is 4.98 Å². The third kappa shape index (κ3) is 1.75. The average molecular weight is 299 g/mol. The Morgan fingerprint density at radius 3 is 2.79 bits per heavy atom. The molecule has 0 unspecified atom stereocenters. The molecule has 0 fully saturated rings. The van der Waals surface area contributed by atoms with Crippen LogP contribution in [0.1, 0.15) is 0 Å². The zero-order valence-electron chi connectivity index (χ0n) is 7.18. The molecule has 0 aliphatic heterocycles. The third-order valence-electron chi connectivity index (χ3n) is 1.99. The van der Waals surface area contributed by atoms with Crippen molar-refractivity contribution in [2.24, 2.45) is 0 Å². The lowest BCUT2D eigenvalue weighted by Crippen LogP contribution is -2.30. The van der Waals surface area contributed by atoms with E-state index in [9.17, 15) is 0 Å². The van der Waals surface area contributed by atoms with Gasteiger partial charge in [-0.1, -0.05) is 6.07 Å². The molecular weight excluding hydrogens is 292 g/mol. The fourth-order valence-electron chi connectivity index (χ4n) is 1.31. The molecule has 0 saturated carbocycles. The van der Waals surface area contributed by atoms with Crippen LogP contribution in [0.5, 0.6) is 0 Å². The van der Waals surface area contributed by atoms with Crippen LogP contribution in [0.3, 0.4) is 0 Å². The fourth-order valence-corrected chi connectivity index (χ4v) is 2.12. The molecule has 2 aromatic rings. The van der Waals surface area contributed by atoms with E-state index in [0.717, 1.165) is 14.5 Å². The van der Waals surface area contributed by atoms with Crippen LogP contribution in [0.25, 0.3) is 10.9 Å². The number of pyridine rings is 1. The van der Waals surface area contributed by atoms with Crippen LogP contribution < -0.4 is 5.46 Å².